The lowest BCUT2D eigenvalue weighted by atomic mass is 10.2. The molecule has 0 saturated carbocycles. The summed E-state index contributed by atoms with van der Waals surface area (Å²) in [6.45, 7) is 3.34. The van der Waals surface area contributed by atoms with Crippen molar-refractivity contribution in [3.63, 3.8) is 0 Å². The molecule has 1 aromatic carbocycles. The average molecular weight is 273 g/mol. The van der Waals surface area contributed by atoms with Crippen molar-refractivity contribution >= 4 is 15.7 Å². The number of nitro benzene ring substituents is 1. The molecular weight excluding hydrogens is 258 g/mol. The van der Waals surface area contributed by atoms with Gasteiger partial charge in [-0.3, -0.25) is 10.1 Å². The lowest BCUT2D eigenvalue weighted by Gasteiger charge is -2.13. The summed E-state index contributed by atoms with van der Waals surface area (Å²) in [5.41, 5.74) is 5.52. The zero-order chi connectivity index (χ0) is 13.9. The summed E-state index contributed by atoms with van der Waals surface area (Å²) < 4.78 is 26.4. The quantitative estimate of drug-likeness (QED) is 0.599. The Labute approximate surface area is 105 Å². The molecule has 0 aliphatic heterocycles. The lowest BCUT2D eigenvalue weighted by molar-refractivity contribution is -0.385. The highest BCUT2D eigenvalue weighted by Gasteiger charge is 2.21. The summed E-state index contributed by atoms with van der Waals surface area (Å²) in [6.07, 6.45) is 0. The number of sulfonamides is 1. The van der Waals surface area contributed by atoms with Crippen LogP contribution < -0.4 is 10.5 Å². The number of nitrogens with one attached hydrogen (secondary N) is 1. The third-order valence-corrected chi connectivity index (χ3v) is 4.11. The topological polar surface area (TPSA) is 115 Å². The average Bonchev–Trinajstić information content (AvgIpc) is 2.28. The standard InChI is InChI=1S/C10H15N3O4S/c1-7-3-4-9(13(14)15)5-10(7)18(16,17)12-8(2)6-11/h3-5,8,12H,6,11H2,1-2H3/t8-/m1/s1. The third kappa shape index (κ3) is 3.25. The smallest absolute Gasteiger partial charge is 0.270 e. The van der Waals surface area contributed by atoms with Gasteiger partial charge >= 0.3 is 0 Å². The summed E-state index contributed by atoms with van der Waals surface area (Å²) in [4.78, 5) is 9.91. The van der Waals surface area contributed by atoms with Crippen LogP contribution in [0.25, 0.3) is 0 Å². The molecule has 0 heterocycles. The van der Waals surface area contributed by atoms with Gasteiger partial charge in [0.25, 0.3) is 5.69 Å². The van der Waals surface area contributed by atoms with E-state index < -0.39 is 21.0 Å². The molecule has 8 heteroatoms. The minimum Gasteiger partial charge on any atom is -0.329 e. The number of aryl methyl sites for hydroxylation is 1. The van der Waals surface area contributed by atoms with Gasteiger partial charge in [0.1, 0.15) is 0 Å². The van der Waals surface area contributed by atoms with Crippen molar-refractivity contribution in [3.05, 3.63) is 33.9 Å². The van der Waals surface area contributed by atoms with Crippen LogP contribution in [0, 0.1) is 17.0 Å². The summed E-state index contributed by atoms with van der Waals surface area (Å²) >= 11 is 0. The number of hydrogen-bond acceptors (Lipinski definition) is 5. The van der Waals surface area contributed by atoms with Crippen LogP contribution in [0.15, 0.2) is 23.1 Å². The summed E-state index contributed by atoms with van der Waals surface area (Å²) in [7, 11) is -3.79. The van der Waals surface area contributed by atoms with E-state index in [2.05, 4.69) is 4.72 Å². The number of nitrogens with zero attached hydrogens (tertiary/aromatic N) is 1. The van der Waals surface area contributed by atoms with Gasteiger partial charge in [0, 0.05) is 24.7 Å². The van der Waals surface area contributed by atoms with Gasteiger partial charge in [-0.25, -0.2) is 13.1 Å². The zero-order valence-electron chi connectivity index (χ0n) is 10.1. The van der Waals surface area contributed by atoms with Crippen molar-refractivity contribution < 1.29 is 13.3 Å². The number of benzene rings is 1. The van der Waals surface area contributed by atoms with E-state index in [0.29, 0.717) is 5.56 Å². The summed E-state index contributed by atoms with van der Waals surface area (Å²) in [5.74, 6) is 0. The first kappa shape index (κ1) is 14.6. The van der Waals surface area contributed by atoms with Crippen LogP contribution in [0.3, 0.4) is 0 Å². The Bertz CT molecular complexity index is 556. The minimum atomic E-state index is -3.79. The van der Waals surface area contributed by atoms with E-state index in [1.165, 1.54) is 12.1 Å². The van der Waals surface area contributed by atoms with Gasteiger partial charge in [0.2, 0.25) is 10.0 Å². The normalized spacial score (nSPS) is 13.3. The van der Waals surface area contributed by atoms with Gasteiger partial charge in [0.15, 0.2) is 0 Å². The Morgan fingerprint density at radius 3 is 2.61 bits per heavy atom. The van der Waals surface area contributed by atoms with Crippen molar-refractivity contribution in [3.8, 4) is 0 Å². The molecule has 0 radical (unpaired) electrons. The molecule has 0 unspecified atom stereocenters. The van der Waals surface area contributed by atoms with Gasteiger partial charge in [0.05, 0.1) is 9.82 Å². The summed E-state index contributed by atoms with van der Waals surface area (Å²) in [6, 6.07) is 3.27. The number of nitrogens with two attached hydrogens (primary N) is 1. The molecule has 100 valence electrons. The number of non-ortho nitro benzene ring substituents is 1. The van der Waals surface area contributed by atoms with E-state index in [9.17, 15) is 18.5 Å². The fourth-order valence-electron chi connectivity index (χ4n) is 1.37. The maximum atomic E-state index is 12.0. The van der Waals surface area contributed by atoms with Crippen molar-refractivity contribution in [1.82, 2.24) is 4.72 Å². The highest BCUT2D eigenvalue weighted by atomic mass is 32.2. The monoisotopic (exact) mass is 273 g/mol. The zero-order valence-corrected chi connectivity index (χ0v) is 10.9. The second-order valence-corrected chi connectivity index (χ2v) is 5.65. The molecule has 0 amide bonds. The molecule has 0 bridgehead atoms. The van der Waals surface area contributed by atoms with Gasteiger partial charge in [-0.05, 0) is 19.4 Å². The van der Waals surface area contributed by atoms with Crippen molar-refractivity contribution in [1.29, 1.82) is 0 Å². The molecule has 7 nitrogen and oxygen atoms in total. The number of hydrogen-bond donors (Lipinski definition) is 2. The Balaban J connectivity index is 3.23. The molecule has 1 aromatic rings. The molecule has 3 N–H and O–H groups in total. The van der Waals surface area contributed by atoms with Crippen LogP contribution in [0.4, 0.5) is 5.69 Å². The van der Waals surface area contributed by atoms with E-state index in [4.69, 9.17) is 5.73 Å². The Hall–Kier alpha value is -1.51. The second kappa shape index (κ2) is 5.42. The fourth-order valence-corrected chi connectivity index (χ4v) is 2.89. The molecule has 1 atom stereocenters. The first-order valence-corrected chi connectivity index (χ1v) is 6.73. The predicted molar refractivity (Wildman–Crippen MR) is 66.7 cm³/mol. The van der Waals surface area contributed by atoms with Crippen molar-refractivity contribution in [2.75, 3.05) is 6.54 Å². The molecule has 18 heavy (non-hydrogen) atoms. The molecule has 0 fully saturated rings. The summed E-state index contributed by atoms with van der Waals surface area (Å²) in [5, 5.41) is 10.6. The molecule has 0 spiro atoms. The van der Waals surface area contributed by atoms with Gasteiger partial charge in [-0.1, -0.05) is 6.07 Å². The molecule has 0 aliphatic carbocycles. The van der Waals surface area contributed by atoms with Crippen LogP contribution in [0.5, 0.6) is 0 Å². The van der Waals surface area contributed by atoms with Crippen LogP contribution in [-0.2, 0) is 10.0 Å². The van der Waals surface area contributed by atoms with Crippen LogP contribution >= 0.6 is 0 Å². The fraction of sp³-hybridized carbons (Fsp3) is 0.400. The highest BCUT2D eigenvalue weighted by Crippen LogP contribution is 2.21. The first-order valence-electron chi connectivity index (χ1n) is 5.25. The molecular formula is C10H15N3O4S. The molecule has 0 saturated heterocycles. The maximum absolute atomic E-state index is 12.0. The SMILES string of the molecule is Cc1ccc([N+](=O)[O-])cc1S(=O)(=O)N[C@H](C)CN. The van der Waals surface area contributed by atoms with E-state index >= 15 is 0 Å². The molecule has 0 aromatic heterocycles. The van der Waals surface area contributed by atoms with Gasteiger partial charge in [-0.15, -0.1) is 0 Å². The van der Waals surface area contributed by atoms with Crippen molar-refractivity contribution in [2.45, 2.75) is 24.8 Å². The third-order valence-electron chi connectivity index (χ3n) is 2.38. The number of nitro groups is 1. The first-order chi connectivity index (χ1) is 8.27. The Kier molecular flexibility index (Phi) is 4.38. The Morgan fingerprint density at radius 2 is 2.11 bits per heavy atom. The van der Waals surface area contributed by atoms with Crippen LogP contribution in [0.1, 0.15) is 12.5 Å². The second-order valence-electron chi connectivity index (χ2n) is 3.96. The highest BCUT2D eigenvalue weighted by molar-refractivity contribution is 7.89. The number of rotatable bonds is 5. The van der Waals surface area contributed by atoms with Gasteiger partial charge < -0.3 is 5.73 Å². The van der Waals surface area contributed by atoms with Crippen LogP contribution in [-0.4, -0.2) is 25.9 Å². The minimum absolute atomic E-state index is 0.100. The van der Waals surface area contributed by atoms with Gasteiger partial charge in [-0.2, -0.15) is 0 Å². The molecule has 1 rings (SSSR count). The van der Waals surface area contributed by atoms with E-state index in [1.807, 2.05) is 0 Å². The van der Waals surface area contributed by atoms with E-state index in [1.54, 1.807) is 13.8 Å². The largest absolute Gasteiger partial charge is 0.329 e. The Morgan fingerprint density at radius 1 is 1.50 bits per heavy atom. The maximum Gasteiger partial charge on any atom is 0.270 e. The van der Waals surface area contributed by atoms with E-state index in [0.717, 1.165) is 6.07 Å². The lowest BCUT2D eigenvalue weighted by Crippen LogP contribution is -2.38. The predicted octanol–water partition coefficient (Wildman–Crippen LogP) is 0.529. The molecule has 0 aliphatic rings. The van der Waals surface area contributed by atoms with Crippen molar-refractivity contribution in [2.24, 2.45) is 5.73 Å². The van der Waals surface area contributed by atoms with Crippen LogP contribution in [0.2, 0.25) is 0 Å². The van der Waals surface area contributed by atoms with E-state index in [-0.39, 0.29) is 17.1 Å².